The first kappa shape index (κ1) is 18.2. The SMILES string of the molecule is CC(C)(C)Oc1ccccc1-c1ccc(-c2ccccc2)cc1.S. The summed E-state index contributed by atoms with van der Waals surface area (Å²) in [5, 5.41) is 0. The molecule has 3 aromatic rings. The van der Waals surface area contributed by atoms with Gasteiger partial charge in [-0.15, -0.1) is 0 Å². The van der Waals surface area contributed by atoms with Crippen LogP contribution in [0.5, 0.6) is 5.75 Å². The molecule has 0 bridgehead atoms. The zero-order chi connectivity index (χ0) is 16.3. The molecule has 0 fully saturated rings. The second-order valence-corrected chi connectivity index (χ2v) is 6.65. The quantitative estimate of drug-likeness (QED) is 0.544. The van der Waals surface area contributed by atoms with Crippen LogP contribution in [0.2, 0.25) is 0 Å². The molecule has 0 atom stereocenters. The maximum atomic E-state index is 6.10. The summed E-state index contributed by atoms with van der Waals surface area (Å²) in [6.07, 6.45) is 0. The van der Waals surface area contributed by atoms with Gasteiger partial charge >= 0.3 is 0 Å². The Morgan fingerprint density at radius 1 is 0.583 bits per heavy atom. The summed E-state index contributed by atoms with van der Waals surface area (Å²) in [7, 11) is 0. The van der Waals surface area contributed by atoms with Crippen LogP contribution in [0.15, 0.2) is 78.9 Å². The van der Waals surface area contributed by atoms with E-state index in [1.54, 1.807) is 0 Å². The molecule has 0 aliphatic carbocycles. The Bertz CT molecular complexity index is 771. The normalized spacial score (nSPS) is 10.8. The molecule has 3 rings (SSSR count). The highest BCUT2D eigenvalue weighted by Crippen LogP contribution is 2.33. The van der Waals surface area contributed by atoms with Gasteiger partial charge in [0.15, 0.2) is 0 Å². The van der Waals surface area contributed by atoms with Gasteiger partial charge in [0.25, 0.3) is 0 Å². The summed E-state index contributed by atoms with van der Waals surface area (Å²) in [6, 6.07) is 27.3. The first-order valence-corrected chi connectivity index (χ1v) is 7.97. The second kappa shape index (κ2) is 7.59. The van der Waals surface area contributed by atoms with Gasteiger partial charge in [0.05, 0.1) is 0 Å². The van der Waals surface area contributed by atoms with Gasteiger partial charge in [-0.05, 0) is 43.5 Å². The summed E-state index contributed by atoms with van der Waals surface area (Å²) in [5.41, 5.74) is 4.55. The number of hydrogen-bond donors (Lipinski definition) is 0. The highest BCUT2D eigenvalue weighted by atomic mass is 32.1. The monoisotopic (exact) mass is 336 g/mol. The minimum atomic E-state index is -0.208. The zero-order valence-electron chi connectivity index (χ0n) is 14.4. The van der Waals surface area contributed by atoms with Crippen LogP contribution in [-0.4, -0.2) is 5.60 Å². The van der Waals surface area contributed by atoms with Crippen molar-refractivity contribution in [2.24, 2.45) is 0 Å². The van der Waals surface area contributed by atoms with Crippen molar-refractivity contribution < 1.29 is 4.74 Å². The molecular weight excluding hydrogens is 312 g/mol. The largest absolute Gasteiger partial charge is 0.488 e. The van der Waals surface area contributed by atoms with Crippen LogP contribution in [0.4, 0.5) is 0 Å². The number of para-hydroxylation sites is 1. The molecule has 3 aromatic carbocycles. The van der Waals surface area contributed by atoms with Crippen LogP contribution in [0.3, 0.4) is 0 Å². The van der Waals surface area contributed by atoms with E-state index >= 15 is 0 Å². The number of benzene rings is 3. The zero-order valence-corrected chi connectivity index (χ0v) is 15.4. The summed E-state index contributed by atoms with van der Waals surface area (Å²) >= 11 is 0. The third-order valence-corrected chi connectivity index (χ3v) is 3.61. The van der Waals surface area contributed by atoms with Crippen LogP contribution in [0.25, 0.3) is 22.3 Å². The number of ether oxygens (including phenoxy) is 1. The predicted molar refractivity (Wildman–Crippen MR) is 108 cm³/mol. The molecule has 2 heteroatoms. The Hall–Kier alpha value is -2.19. The Labute approximate surface area is 151 Å². The molecule has 24 heavy (non-hydrogen) atoms. The van der Waals surface area contributed by atoms with Gasteiger partial charge in [-0.25, -0.2) is 0 Å². The van der Waals surface area contributed by atoms with Crippen molar-refractivity contribution in [1.82, 2.24) is 0 Å². The van der Waals surface area contributed by atoms with Gasteiger partial charge in [-0.1, -0.05) is 72.8 Å². The lowest BCUT2D eigenvalue weighted by atomic mass is 9.99. The van der Waals surface area contributed by atoms with Crippen LogP contribution >= 0.6 is 13.5 Å². The molecule has 0 aliphatic heterocycles. The summed E-state index contributed by atoms with van der Waals surface area (Å²) in [4.78, 5) is 0. The van der Waals surface area contributed by atoms with E-state index in [9.17, 15) is 0 Å². The first-order valence-electron chi connectivity index (χ1n) is 7.97. The van der Waals surface area contributed by atoms with Crippen molar-refractivity contribution in [2.45, 2.75) is 26.4 Å². The van der Waals surface area contributed by atoms with E-state index in [0.717, 1.165) is 11.3 Å². The molecule has 0 aromatic heterocycles. The molecule has 0 heterocycles. The van der Waals surface area contributed by atoms with E-state index in [-0.39, 0.29) is 19.1 Å². The highest BCUT2D eigenvalue weighted by molar-refractivity contribution is 7.59. The van der Waals surface area contributed by atoms with Gasteiger partial charge in [0, 0.05) is 5.56 Å². The third kappa shape index (κ3) is 4.42. The van der Waals surface area contributed by atoms with Gasteiger partial charge in [-0.2, -0.15) is 13.5 Å². The molecule has 0 aliphatic rings. The summed E-state index contributed by atoms with van der Waals surface area (Å²) in [5.74, 6) is 0.924. The lowest BCUT2D eigenvalue weighted by Crippen LogP contribution is -2.23. The molecule has 0 amide bonds. The summed E-state index contributed by atoms with van der Waals surface area (Å²) < 4.78 is 6.10. The minimum absolute atomic E-state index is 0. The third-order valence-electron chi connectivity index (χ3n) is 3.61. The maximum Gasteiger partial charge on any atom is 0.127 e. The molecule has 1 nitrogen and oxygen atoms in total. The number of rotatable bonds is 3. The van der Waals surface area contributed by atoms with E-state index in [2.05, 4.69) is 81.4 Å². The van der Waals surface area contributed by atoms with Crippen molar-refractivity contribution in [3.8, 4) is 28.0 Å². The van der Waals surface area contributed by atoms with E-state index in [1.165, 1.54) is 16.7 Å². The molecule has 124 valence electrons. The maximum absolute atomic E-state index is 6.10. The van der Waals surface area contributed by atoms with E-state index in [4.69, 9.17) is 4.74 Å². The lowest BCUT2D eigenvalue weighted by Gasteiger charge is -2.23. The van der Waals surface area contributed by atoms with Crippen LogP contribution in [0, 0.1) is 0 Å². The van der Waals surface area contributed by atoms with Crippen molar-refractivity contribution in [1.29, 1.82) is 0 Å². The molecule has 0 saturated heterocycles. The van der Waals surface area contributed by atoms with Crippen molar-refractivity contribution in [3.05, 3.63) is 78.9 Å². The average Bonchev–Trinajstić information content (AvgIpc) is 2.55. The molecule has 0 radical (unpaired) electrons. The smallest absolute Gasteiger partial charge is 0.127 e. The topological polar surface area (TPSA) is 9.23 Å². The minimum Gasteiger partial charge on any atom is -0.488 e. The van der Waals surface area contributed by atoms with E-state index < -0.39 is 0 Å². The van der Waals surface area contributed by atoms with Crippen LogP contribution < -0.4 is 4.74 Å². The fraction of sp³-hybridized carbons (Fsp3) is 0.182. The van der Waals surface area contributed by atoms with Crippen molar-refractivity contribution in [3.63, 3.8) is 0 Å². The van der Waals surface area contributed by atoms with Crippen LogP contribution in [-0.2, 0) is 0 Å². The standard InChI is InChI=1S/C22H22O.H2S/c1-22(2,3)23-21-12-8-7-11-20(21)19-15-13-18(14-16-19)17-9-5-4-6-10-17;/h4-16H,1-3H3;1H2. The van der Waals surface area contributed by atoms with Crippen LogP contribution in [0.1, 0.15) is 20.8 Å². The Morgan fingerprint density at radius 2 is 1.08 bits per heavy atom. The van der Waals surface area contributed by atoms with Gasteiger partial charge in [0.1, 0.15) is 11.4 Å². The van der Waals surface area contributed by atoms with Gasteiger partial charge in [0.2, 0.25) is 0 Å². The number of hydrogen-bond acceptors (Lipinski definition) is 1. The molecule has 0 N–H and O–H groups in total. The highest BCUT2D eigenvalue weighted by Gasteiger charge is 2.15. The lowest BCUT2D eigenvalue weighted by molar-refractivity contribution is 0.132. The van der Waals surface area contributed by atoms with Gasteiger partial charge in [-0.3, -0.25) is 0 Å². The average molecular weight is 336 g/mol. The fourth-order valence-electron chi connectivity index (χ4n) is 2.60. The van der Waals surface area contributed by atoms with E-state index in [1.807, 2.05) is 18.2 Å². The first-order chi connectivity index (χ1) is 11.0. The molecule has 0 spiro atoms. The Kier molecular flexibility index (Phi) is 5.74. The van der Waals surface area contributed by atoms with Gasteiger partial charge < -0.3 is 4.74 Å². The fourth-order valence-corrected chi connectivity index (χ4v) is 2.60. The van der Waals surface area contributed by atoms with Crippen molar-refractivity contribution >= 4 is 13.5 Å². The Morgan fingerprint density at radius 3 is 1.71 bits per heavy atom. The predicted octanol–water partition coefficient (Wildman–Crippen LogP) is 6.31. The van der Waals surface area contributed by atoms with E-state index in [0.29, 0.717) is 0 Å². The van der Waals surface area contributed by atoms with Crippen molar-refractivity contribution in [2.75, 3.05) is 0 Å². The second-order valence-electron chi connectivity index (χ2n) is 6.65. The Balaban J connectivity index is 0.00000208. The molecule has 0 saturated carbocycles. The molecule has 0 unspecified atom stereocenters. The molecular formula is C22H24OS. The summed E-state index contributed by atoms with van der Waals surface area (Å²) in [6.45, 7) is 6.22.